The van der Waals surface area contributed by atoms with E-state index in [1.54, 1.807) is 0 Å². The monoisotopic (exact) mass is 205 g/mol. The van der Waals surface area contributed by atoms with Crippen molar-refractivity contribution in [1.82, 2.24) is 9.97 Å². The molecule has 3 heteroatoms. The van der Waals surface area contributed by atoms with E-state index in [9.17, 15) is 0 Å². The Morgan fingerprint density at radius 3 is 2.60 bits per heavy atom. The lowest BCUT2D eigenvalue weighted by atomic mass is 10.0. The highest BCUT2D eigenvalue weighted by Gasteiger charge is 2.14. The lowest BCUT2D eigenvalue weighted by Crippen LogP contribution is -2.08. The van der Waals surface area contributed by atoms with Crippen molar-refractivity contribution in [3.8, 4) is 0 Å². The van der Waals surface area contributed by atoms with Gasteiger partial charge in [-0.25, -0.2) is 9.97 Å². The van der Waals surface area contributed by atoms with Crippen LogP contribution in [0.2, 0.25) is 0 Å². The maximum atomic E-state index is 4.22. The minimum Gasteiger partial charge on any atom is -0.354 e. The molecule has 0 amide bonds. The Morgan fingerprint density at radius 2 is 1.93 bits per heavy atom. The summed E-state index contributed by atoms with van der Waals surface area (Å²) in [6.45, 7) is 3.01. The van der Waals surface area contributed by atoms with Gasteiger partial charge in [0, 0.05) is 18.9 Å². The molecule has 1 N–H and O–H groups in total. The van der Waals surface area contributed by atoms with Crippen LogP contribution in [-0.4, -0.2) is 16.5 Å². The van der Waals surface area contributed by atoms with Gasteiger partial charge in [-0.15, -0.1) is 0 Å². The zero-order valence-electron chi connectivity index (χ0n) is 9.37. The second-order valence-corrected chi connectivity index (χ2v) is 4.45. The van der Waals surface area contributed by atoms with Crippen molar-refractivity contribution in [1.29, 1.82) is 0 Å². The third-order valence-electron chi connectivity index (χ3n) is 3.09. The zero-order valence-corrected chi connectivity index (χ0v) is 9.37. The first-order valence-electron chi connectivity index (χ1n) is 5.87. The molecule has 1 aliphatic carbocycles. The standard InChI is InChI=1S/C12H19N3/c1-10-8-14-12(15-9-10)13-7-6-11-4-2-3-5-11/h8-9,11H,2-7H2,1H3,(H,13,14,15). The van der Waals surface area contributed by atoms with Crippen molar-refractivity contribution < 1.29 is 0 Å². The molecular formula is C12H19N3. The Hall–Kier alpha value is -1.12. The summed E-state index contributed by atoms with van der Waals surface area (Å²) < 4.78 is 0. The smallest absolute Gasteiger partial charge is 0.222 e. The summed E-state index contributed by atoms with van der Waals surface area (Å²) in [7, 11) is 0. The number of anilines is 1. The van der Waals surface area contributed by atoms with E-state index >= 15 is 0 Å². The summed E-state index contributed by atoms with van der Waals surface area (Å²) in [6.07, 6.45) is 10.6. The molecule has 0 aliphatic heterocycles. The number of aryl methyl sites for hydroxylation is 1. The summed E-state index contributed by atoms with van der Waals surface area (Å²) in [5, 5.41) is 3.28. The first-order valence-corrected chi connectivity index (χ1v) is 5.87. The number of aromatic nitrogens is 2. The number of hydrogen-bond acceptors (Lipinski definition) is 3. The van der Waals surface area contributed by atoms with Crippen molar-refractivity contribution >= 4 is 5.95 Å². The molecular weight excluding hydrogens is 186 g/mol. The van der Waals surface area contributed by atoms with Crippen molar-refractivity contribution in [2.24, 2.45) is 5.92 Å². The van der Waals surface area contributed by atoms with Gasteiger partial charge in [-0.3, -0.25) is 0 Å². The van der Waals surface area contributed by atoms with Crippen LogP contribution in [0.25, 0.3) is 0 Å². The second kappa shape index (κ2) is 5.10. The minimum absolute atomic E-state index is 0.763. The predicted molar refractivity (Wildman–Crippen MR) is 61.8 cm³/mol. The average molecular weight is 205 g/mol. The SMILES string of the molecule is Cc1cnc(NCCC2CCCC2)nc1. The van der Waals surface area contributed by atoms with E-state index in [1.165, 1.54) is 32.1 Å². The normalized spacial score (nSPS) is 16.9. The first kappa shape index (κ1) is 10.4. The van der Waals surface area contributed by atoms with Crippen molar-refractivity contribution in [3.05, 3.63) is 18.0 Å². The lowest BCUT2D eigenvalue weighted by Gasteiger charge is -2.09. The van der Waals surface area contributed by atoms with Crippen LogP contribution in [0.1, 0.15) is 37.7 Å². The molecule has 0 saturated heterocycles. The Balaban J connectivity index is 1.71. The molecule has 1 fully saturated rings. The van der Waals surface area contributed by atoms with E-state index in [1.807, 2.05) is 19.3 Å². The van der Waals surface area contributed by atoms with Gasteiger partial charge in [0.05, 0.1) is 0 Å². The highest BCUT2D eigenvalue weighted by atomic mass is 15.1. The highest BCUT2D eigenvalue weighted by molar-refractivity contribution is 5.23. The summed E-state index contributed by atoms with van der Waals surface area (Å²) in [5.41, 5.74) is 1.11. The molecule has 0 atom stereocenters. The van der Waals surface area contributed by atoms with Crippen molar-refractivity contribution in [2.45, 2.75) is 39.0 Å². The summed E-state index contributed by atoms with van der Waals surface area (Å²) in [6, 6.07) is 0. The zero-order chi connectivity index (χ0) is 10.5. The van der Waals surface area contributed by atoms with Gasteiger partial charge < -0.3 is 5.32 Å². The number of nitrogens with zero attached hydrogens (tertiary/aromatic N) is 2. The van der Waals surface area contributed by atoms with Gasteiger partial charge in [0.15, 0.2) is 0 Å². The van der Waals surface area contributed by atoms with Gasteiger partial charge in [0.25, 0.3) is 0 Å². The molecule has 15 heavy (non-hydrogen) atoms. The molecule has 0 bridgehead atoms. The maximum absolute atomic E-state index is 4.22. The van der Waals surface area contributed by atoms with Crippen LogP contribution in [0, 0.1) is 12.8 Å². The predicted octanol–water partition coefficient (Wildman–Crippen LogP) is 2.78. The molecule has 0 radical (unpaired) electrons. The molecule has 1 aromatic heterocycles. The Labute approximate surface area is 91.3 Å². The second-order valence-electron chi connectivity index (χ2n) is 4.45. The van der Waals surface area contributed by atoms with Crippen LogP contribution in [-0.2, 0) is 0 Å². The number of rotatable bonds is 4. The Morgan fingerprint density at radius 1 is 1.27 bits per heavy atom. The van der Waals surface area contributed by atoms with Crippen LogP contribution < -0.4 is 5.32 Å². The third-order valence-corrected chi connectivity index (χ3v) is 3.09. The average Bonchev–Trinajstić information content (AvgIpc) is 2.74. The molecule has 1 aliphatic rings. The van der Waals surface area contributed by atoms with Crippen LogP contribution in [0.3, 0.4) is 0 Å². The van der Waals surface area contributed by atoms with E-state index in [0.29, 0.717) is 0 Å². The molecule has 82 valence electrons. The van der Waals surface area contributed by atoms with E-state index in [4.69, 9.17) is 0 Å². The molecule has 1 aromatic rings. The van der Waals surface area contributed by atoms with E-state index < -0.39 is 0 Å². The molecule has 3 nitrogen and oxygen atoms in total. The van der Waals surface area contributed by atoms with E-state index in [-0.39, 0.29) is 0 Å². The lowest BCUT2D eigenvalue weighted by molar-refractivity contribution is 0.518. The summed E-state index contributed by atoms with van der Waals surface area (Å²) in [5.74, 6) is 1.70. The van der Waals surface area contributed by atoms with Crippen LogP contribution >= 0.6 is 0 Å². The number of nitrogens with one attached hydrogen (secondary N) is 1. The topological polar surface area (TPSA) is 37.8 Å². The Kier molecular flexibility index (Phi) is 3.54. The van der Waals surface area contributed by atoms with Gasteiger partial charge in [-0.1, -0.05) is 25.7 Å². The van der Waals surface area contributed by atoms with Gasteiger partial charge in [0.1, 0.15) is 0 Å². The fraction of sp³-hybridized carbons (Fsp3) is 0.667. The molecule has 0 unspecified atom stereocenters. The van der Waals surface area contributed by atoms with Gasteiger partial charge in [-0.2, -0.15) is 0 Å². The quantitative estimate of drug-likeness (QED) is 0.821. The van der Waals surface area contributed by atoms with Gasteiger partial charge in [0.2, 0.25) is 5.95 Å². The Bertz CT molecular complexity index is 288. The van der Waals surface area contributed by atoms with Crippen molar-refractivity contribution in [2.75, 3.05) is 11.9 Å². The van der Waals surface area contributed by atoms with E-state index in [0.717, 1.165) is 24.0 Å². The van der Waals surface area contributed by atoms with Crippen molar-refractivity contribution in [3.63, 3.8) is 0 Å². The highest BCUT2D eigenvalue weighted by Crippen LogP contribution is 2.27. The number of hydrogen-bond donors (Lipinski definition) is 1. The van der Waals surface area contributed by atoms with Crippen LogP contribution in [0.15, 0.2) is 12.4 Å². The fourth-order valence-corrected chi connectivity index (χ4v) is 2.17. The largest absolute Gasteiger partial charge is 0.354 e. The maximum Gasteiger partial charge on any atom is 0.222 e. The molecule has 1 saturated carbocycles. The van der Waals surface area contributed by atoms with Gasteiger partial charge in [-0.05, 0) is 24.8 Å². The fourth-order valence-electron chi connectivity index (χ4n) is 2.17. The first-order chi connectivity index (χ1) is 7.34. The minimum atomic E-state index is 0.763. The van der Waals surface area contributed by atoms with Crippen LogP contribution in [0.5, 0.6) is 0 Å². The molecule has 2 rings (SSSR count). The molecule has 1 heterocycles. The third kappa shape index (κ3) is 3.18. The summed E-state index contributed by atoms with van der Waals surface area (Å²) in [4.78, 5) is 8.44. The van der Waals surface area contributed by atoms with E-state index in [2.05, 4.69) is 15.3 Å². The molecule has 0 spiro atoms. The summed E-state index contributed by atoms with van der Waals surface area (Å²) >= 11 is 0. The van der Waals surface area contributed by atoms with Gasteiger partial charge >= 0.3 is 0 Å². The van der Waals surface area contributed by atoms with Crippen LogP contribution in [0.4, 0.5) is 5.95 Å². The molecule has 0 aromatic carbocycles.